The summed E-state index contributed by atoms with van der Waals surface area (Å²) < 4.78 is 21.7. The lowest BCUT2D eigenvalue weighted by atomic mass is 10.0. The van der Waals surface area contributed by atoms with E-state index >= 15 is 0 Å². The summed E-state index contributed by atoms with van der Waals surface area (Å²) in [4.78, 5) is 12.5. The van der Waals surface area contributed by atoms with Crippen molar-refractivity contribution >= 4 is 41.1 Å². The fourth-order valence-corrected chi connectivity index (χ4v) is 3.86. The maximum atomic E-state index is 12.5. The van der Waals surface area contributed by atoms with E-state index < -0.39 is 0 Å². The SMILES string of the molecule is COc1cc(C/C=C\C(=O)c2ccc(Cl)cc2)c(/C=C\c2cc(OC)c(OC)c(OC)c2)cc1Cl. The summed E-state index contributed by atoms with van der Waals surface area (Å²) >= 11 is 12.3. The van der Waals surface area contributed by atoms with Gasteiger partial charge in [0.1, 0.15) is 5.75 Å². The first-order valence-electron chi connectivity index (χ1n) is 10.7. The average molecular weight is 513 g/mol. The van der Waals surface area contributed by atoms with Crippen molar-refractivity contribution in [3.63, 3.8) is 0 Å². The van der Waals surface area contributed by atoms with Crippen LogP contribution >= 0.6 is 23.2 Å². The van der Waals surface area contributed by atoms with Gasteiger partial charge in [-0.25, -0.2) is 0 Å². The molecule has 0 bridgehead atoms. The van der Waals surface area contributed by atoms with E-state index in [1.165, 1.54) is 0 Å². The van der Waals surface area contributed by atoms with Gasteiger partial charge in [0.15, 0.2) is 17.3 Å². The number of benzene rings is 3. The van der Waals surface area contributed by atoms with Crippen LogP contribution in [0, 0.1) is 0 Å². The first-order valence-corrected chi connectivity index (χ1v) is 11.5. The highest BCUT2D eigenvalue weighted by Crippen LogP contribution is 2.39. The van der Waals surface area contributed by atoms with Crippen LogP contribution in [0.3, 0.4) is 0 Å². The van der Waals surface area contributed by atoms with Gasteiger partial charge in [-0.3, -0.25) is 4.79 Å². The lowest BCUT2D eigenvalue weighted by Crippen LogP contribution is -1.96. The molecule has 0 radical (unpaired) electrons. The molecule has 0 saturated heterocycles. The lowest BCUT2D eigenvalue weighted by molar-refractivity contribution is 0.104. The highest BCUT2D eigenvalue weighted by atomic mass is 35.5. The van der Waals surface area contributed by atoms with Crippen LogP contribution in [0.1, 0.15) is 27.0 Å². The first-order chi connectivity index (χ1) is 16.9. The molecule has 0 amide bonds. The molecular weight excluding hydrogens is 487 g/mol. The monoisotopic (exact) mass is 512 g/mol. The van der Waals surface area contributed by atoms with Crippen molar-refractivity contribution in [2.24, 2.45) is 0 Å². The normalized spacial score (nSPS) is 11.1. The molecule has 35 heavy (non-hydrogen) atoms. The van der Waals surface area contributed by atoms with E-state index in [9.17, 15) is 4.79 Å². The van der Waals surface area contributed by atoms with E-state index in [0.29, 0.717) is 45.0 Å². The van der Waals surface area contributed by atoms with Crippen LogP contribution in [-0.4, -0.2) is 34.2 Å². The molecule has 3 aromatic carbocycles. The molecule has 0 saturated carbocycles. The standard InChI is InChI=1S/C28H26Cl2O5/c1-32-25-17-20(6-5-7-24(31)19-10-12-22(29)13-11-19)21(16-23(25)30)9-8-18-14-26(33-2)28(35-4)27(15-18)34-3/h5,7-17H,6H2,1-4H3/b7-5-,9-8-. The number of hydrogen-bond donors (Lipinski definition) is 0. The maximum absolute atomic E-state index is 12.5. The first kappa shape index (κ1) is 26.2. The summed E-state index contributed by atoms with van der Waals surface area (Å²) in [6.07, 6.45) is 7.74. The molecule has 0 aliphatic carbocycles. The Kier molecular flexibility index (Phi) is 9.24. The molecular formula is C28H26Cl2O5. The van der Waals surface area contributed by atoms with Gasteiger partial charge in [0.2, 0.25) is 5.75 Å². The van der Waals surface area contributed by atoms with Crippen molar-refractivity contribution in [1.29, 1.82) is 0 Å². The zero-order valence-corrected chi connectivity index (χ0v) is 21.4. The van der Waals surface area contributed by atoms with Gasteiger partial charge in [-0.05, 0) is 77.7 Å². The third kappa shape index (κ3) is 6.59. The highest BCUT2D eigenvalue weighted by Gasteiger charge is 2.13. The Balaban J connectivity index is 1.90. The van der Waals surface area contributed by atoms with E-state index in [1.807, 2.05) is 42.5 Å². The number of halogens is 2. The van der Waals surface area contributed by atoms with E-state index in [4.69, 9.17) is 42.1 Å². The minimum atomic E-state index is -0.0999. The van der Waals surface area contributed by atoms with Crippen LogP contribution in [0.4, 0.5) is 0 Å². The van der Waals surface area contributed by atoms with Gasteiger partial charge in [-0.1, -0.05) is 41.4 Å². The number of carbonyl (C=O) groups is 1. The highest BCUT2D eigenvalue weighted by molar-refractivity contribution is 6.32. The summed E-state index contributed by atoms with van der Waals surface area (Å²) in [6, 6.07) is 14.2. The zero-order chi connectivity index (χ0) is 25.4. The van der Waals surface area contributed by atoms with Crippen molar-refractivity contribution in [1.82, 2.24) is 0 Å². The van der Waals surface area contributed by atoms with Gasteiger partial charge in [0.25, 0.3) is 0 Å². The van der Waals surface area contributed by atoms with Crippen LogP contribution in [0.25, 0.3) is 12.2 Å². The second-order valence-corrected chi connectivity index (χ2v) is 8.30. The minimum Gasteiger partial charge on any atom is -0.495 e. The summed E-state index contributed by atoms with van der Waals surface area (Å²) in [5.41, 5.74) is 3.25. The van der Waals surface area contributed by atoms with Crippen LogP contribution in [0.5, 0.6) is 23.0 Å². The van der Waals surface area contributed by atoms with Crippen LogP contribution in [-0.2, 0) is 6.42 Å². The van der Waals surface area contributed by atoms with Crippen LogP contribution < -0.4 is 18.9 Å². The minimum absolute atomic E-state index is 0.0999. The van der Waals surface area contributed by atoms with Gasteiger partial charge in [-0.2, -0.15) is 0 Å². The van der Waals surface area contributed by atoms with Crippen molar-refractivity contribution in [3.8, 4) is 23.0 Å². The quantitative estimate of drug-likeness (QED) is 0.163. The molecule has 0 aliphatic heterocycles. The molecule has 3 aromatic rings. The van der Waals surface area contributed by atoms with Gasteiger partial charge in [-0.15, -0.1) is 0 Å². The molecule has 0 aliphatic rings. The number of rotatable bonds is 10. The Morgan fingerprint density at radius 1 is 0.800 bits per heavy atom. The third-order valence-corrected chi connectivity index (χ3v) is 5.84. The van der Waals surface area contributed by atoms with Crippen molar-refractivity contribution < 1.29 is 23.7 Å². The summed E-state index contributed by atoms with van der Waals surface area (Å²) in [6.45, 7) is 0. The smallest absolute Gasteiger partial charge is 0.203 e. The molecule has 5 nitrogen and oxygen atoms in total. The molecule has 182 valence electrons. The number of ether oxygens (including phenoxy) is 4. The fraction of sp³-hybridized carbons (Fsp3) is 0.179. The average Bonchev–Trinajstić information content (AvgIpc) is 2.87. The van der Waals surface area contributed by atoms with E-state index in [0.717, 1.165) is 16.7 Å². The Hall–Kier alpha value is -3.41. The van der Waals surface area contributed by atoms with Crippen molar-refractivity contribution in [2.45, 2.75) is 6.42 Å². The van der Waals surface area contributed by atoms with E-state index in [-0.39, 0.29) is 5.78 Å². The molecule has 3 rings (SSSR count). The summed E-state index contributed by atoms with van der Waals surface area (Å²) in [5.74, 6) is 2.10. The van der Waals surface area contributed by atoms with E-state index in [2.05, 4.69) is 0 Å². The van der Waals surface area contributed by atoms with Crippen LogP contribution in [0.2, 0.25) is 10.0 Å². The lowest BCUT2D eigenvalue weighted by Gasteiger charge is -2.13. The fourth-order valence-electron chi connectivity index (χ4n) is 3.49. The Morgan fingerprint density at radius 2 is 1.43 bits per heavy atom. The molecule has 0 unspecified atom stereocenters. The Morgan fingerprint density at radius 3 is 2.00 bits per heavy atom. The Bertz CT molecular complexity index is 1220. The van der Waals surface area contributed by atoms with Gasteiger partial charge in [0.05, 0.1) is 33.5 Å². The van der Waals surface area contributed by atoms with Crippen molar-refractivity contribution in [3.05, 3.63) is 93.0 Å². The molecule has 7 heteroatoms. The molecule has 0 N–H and O–H groups in total. The predicted molar refractivity (Wildman–Crippen MR) is 142 cm³/mol. The van der Waals surface area contributed by atoms with E-state index in [1.54, 1.807) is 58.8 Å². The predicted octanol–water partition coefficient (Wildman–Crippen LogP) is 7.18. The number of ketones is 1. The Labute approximate surface area is 215 Å². The van der Waals surface area contributed by atoms with Crippen molar-refractivity contribution in [2.75, 3.05) is 28.4 Å². The maximum Gasteiger partial charge on any atom is 0.203 e. The topological polar surface area (TPSA) is 54.0 Å². The second kappa shape index (κ2) is 12.3. The zero-order valence-electron chi connectivity index (χ0n) is 19.9. The largest absolute Gasteiger partial charge is 0.495 e. The number of allylic oxidation sites excluding steroid dienone is 2. The van der Waals surface area contributed by atoms with Gasteiger partial charge in [0, 0.05) is 10.6 Å². The van der Waals surface area contributed by atoms with Gasteiger partial charge >= 0.3 is 0 Å². The molecule has 0 fully saturated rings. The number of carbonyl (C=O) groups excluding carboxylic acids is 1. The number of methoxy groups -OCH3 is 4. The second-order valence-electron chi connectivity index (χ2n) is 7.46. The third-order valence-electron chi connectivity index (χ3n) is 5.29. The number of hydrogen-bond acceptors (Lipinski definition) is 5. The molecule has 0 spiro atoms. The summed E-state index contributed by atoms with van der Waals surface area (Å²) in [5, 5.41) is 1.07. The molecule has 0 atom stereocenters. The van der Waals surface area contributed by atoms with Crippen LogP contribution in [0.15, 0.2) is 60.7 Å². The summed E-state index contributed by atoms with van der Waals surface area (Å²) in [7, 11) is 6.27. The molecule has 0 heterocycles. The molecule has 0 aromatic heterocycles. The van der Waals surface area contributed by atoms with Gasteiger partial charge < -0.3 is 18.9 Å².